The summed E-state index contributed by atoms with van der Waals surface area (Å²) in [5.41, 5.74) is 2.68. The largest absolute Gasteiger partial charge is 0.366 e. The summed E-state index contributed by atoms with van der Waals surface area (Å²) < 4.78 is 0. The quantitative estimate of drug-likeness (QED) is 0.689. The summed E-state index contributed by atoms with van der Waals surface area (Å²) in [6.45, 7) is 4.27. The Balaban J connectivity index is 2.29. The maximum Gasteiger partial charge on any atom is 0.253 e. The van der Waals surface area contributed by atoms with E-state index < -0.39 is 0 Å². The summed E-state index contributed by atoms with van der Waals surface area (Å²) in [6, 6.07) is 8.04. The number of aromatic amines is 1. The van der Waals surface area contributed by atoms with Crippen LogP contribution < -0.4 is 15.8 Å². The molecule has 5 nitrogen and oxygen atoms in total. The van der Waals surface area contributed by atoms with Gasteiger partial charge in [0.25, 0.3) is 5.56 Å². The molecule has 1 aromatic heterocycles. The Labute approximate surface area is 142 Å². The molecule has 6 heteroatoms. The van der Waals surface area contributed by atoms with Crippen LogP contribution in [0.4, 0.5) is 0 Å². The fourth-order valence-electron chi connectivity index (χ4n) is 2.45. The number of fused-ring (bicyclic) bond motifs is 1. The van der Waals surface area contributed by atoms with Crippen molar-refractivity contribution in [3.05, 3.63) is 45.7 Å². The van der Waals surface area contributed by atoms with E-state index in [1.807, 2.05) is 37.1 Å². The number of rotatable bonds is 5. The van der Waals surface area contributed by atoms with E-state index in [0.717, 1.165) is 35.1 Å². The van der Waals surface area contributed by atoms with E-state index in [0.29, 0.717) is 11.7 Å². The third kappa shape index (κ3) is 4.53. The highest BCUT2D eigenvalue weighted by atomic mass is 32.1. The van der Waals surface area contributed by atoms with E-state index in [4.69, 9.17) is 12.2 Å². The van der Waals surface area contributed by atoms with Crippen LogP contribution in [0, 0.1) is 6.92 Å². The van der Waals surface area contributed by atoms with E-state index in [2.05, 4.69) is 30.5 Å². The molecule has 0 spiro atoms. The van der Waals surface area contributed by atoms with Crippen molar-refractivity contribution in [1.82, 2.24) is 15.2 Å². The Morgan fingerprint density at radius 1 is 1.35 bits per heavy atom. The highest BCUT2D eigenvalue weighted by Gasteiger charge is 2.13. The number of likely N-dealkylation sites (N-methyl/N-ethyl adjacent to an activating group) is 1. The molecule has 0 saturated carbocycles. The molecule has 124 valence electrons. The van der Waals surface area contributed by atoms with Crippen LogP contribution >= 0.6 is 12.2 Å². The molecule has 0 fully saturated rings. The Bertz CT molecular complexity index is 754. The van der Waals surface area contributed by atoms with Crippen molar-refractivity contribution in [1.29, 1.82) is 0 Å². The summed E-state index contributed by atoms with van der Waals surface area (Å²) in [6.07, 6.45) is 0. The second-order valence-corrected chi connectivity index (χ2v) is 6.53. The van der Waals surface area contributed by atoms with E-state index in [-0.39, 0.29) is 5.56 Å². The Hall–Kier alpha value is -1.92. The molecule has 23 heavy (non-hydrogen) atoms. The van der Waals surface area contributed by atoms with Gasteiger partial charge in [0.2, 0.25) is 0 Å². The molecule has 0 aliphatic rings. The SMILES string of the molecule is CNC(=S)N(CC[NH+](C)C)Cc1cc2ccc(C)cc2[nH]c1=O. The fourth-order valence-corrected chi connectivity index (χ4v) is 2.61. The number of hydrogen-bond acceptors (Lipinski definition) is 2. The van der Waals surface area contributed by atoms with Crippen LogP contribution in [0.2, 0.25) is 0 Å². The number of quaternary nitrogens is 1. The average molecular weight is 333 g/mol. The highest BCUT2D eigenvalue weighted by Crippen LogP contribution is 2.14. The number of nitrogens with zero attached hydrogens (tertiary/aromatic N) is 1. The van der Waals surface area contributed by atoms with Gasteiger partial charge in [-0.3, -0.25) is 4.79 Å². The molecule has 0 atom stereocenters. The summed E-state index contributed by atoms with van der Waals surface area (Å²) in [4.78, 5) is 18.7. The highest BCUT2D eigenvalue weighted by molar-refractivity contribution is 7.80. The van der Waals surface area contributed by atoms with Crippen LogP contribution in [0.15, 0.2) is 29.1 Å². The van der Waals surface area contributed by atoms with Crippen molar-refractivity contribution in [2.75, 3.05) is 34.2 Å². The van der Waals surface area contributed by atoms with E-state index in [9.17, 15) is 4.79 Å². The number of aromatic nitrogens is 1. The van der Waals surface area contributed by atoms with Gasteiger partial charge in [0.15, 0.2) is 5.11 Å². The Morgan fingerprint density at radius 3 is 2.74 bits per heavy atom. The van der Waals surface area contributed by atoms with Crippen LogP contribution in [0.5, 0.6) is 0 Å². The van der Waals surface area contributed by atoms with E-state index in [1.54, 1.807) is 0 Å². The lowest BCUT2D eigenvalue weighted by atomic mass is 10.1. The predicted octanol–water partition coefficient (Wildman–Crippen LogP) is 0.287. The monoisotopic (exact) mass is 333 g/mol. The van der Waals surface area contributed by atoms with Gasteiger partial charge in [0.05, 0.1) is 33.7 Å². The number of aryl methyl sites for hydroxylation is 1. The maximum atomic E-state index is 12.4. The lowest BCUT2D eigenvalue weighted by Crippen LogP contribution is -3.06. The minimum atomic E-state index is -0.0517. The van der Waals surface area contributed by atoms with E-state index >= 15 is 0 Å². The van der Waals surface area contributed by atoms with Gasteiger partial charge in [0, 0.05) is 18.1 Å². The van der Waals surface area contributed by atoms with Gasteiger partial charge in [-0.2, -0.15) is 0 Å². The summed E-state index contributed by atoms with van der Waals surface area (Å²) in [5, 5.41) is 4.71. The topological polar surface area (TPSA) is 52.6 Å². The number of pyridine rings is 1. The normalized spacial score (nSPS) is 11.0. The van der Waals surface area contributed by atoms with Gasteiger partial charge in [-0.15, -0.1) is 0 Å². The first kappa shape index (κ1) is 17.4. The number of benzene rings is 1. The summed E-state index contributed by atoms with van der Waals surface area (Å²) in [5.74, 6) is 0. The van der Waals surface area contributed by atoms with Crippen molar-refractivity contribution >= 4 is 28.2 Å². The second kappa shape index (κ2) is 7.57. The van der Waals surface area contributed by atoms with Gasteiger partial charge >= 0.3 is 0 Å². The number of hydrogen-bond donors (Lipinski definition) is 3. The van der Waals surface area contributed by atoms with Crippen molar-refractivity contribution in [3.8, 4) is 0 Å². The molecule has 2 aromatic rings. The third-order valence-corrected chi connectivity index (χ3v) is 4.28. The molecule has 0 radical (unpaired) electrons. The van der Waals surface area contributed by atoms with Gasteiger partial charge in [-0.05, 0) is 42.2 Å². The van der Waals surface area contributed by atoms with Gasteiger partial charge in [-0.1, -0.05) is 12.1 Å². The van der Waals surface area contributed by atoms with Crippen LogP contribution in [-0.2, 0) is 6.54 Å². The van der Waals surface area contributed by atoms with Gasteiger partial charge in [-0.25, -0.2) is 0 Å². The number of H-pyrrole nitrogens is 1. The maximum absolute atomic E-state index is 12.4. The molecular formula is C17H25N4OS+. The average Bonchev–Trinajstić information content (AvgIpc) is 2.50. The Kier molecular flexibility index (Phi) is 5.74. The zero-order chi connectivity index (χ0) is 17.0. The smallest absolute Gasteiger partial charge is 0.253 e. The third-order valence-electron chi connectivity index (χ3n) is 3.82. The van der Waals surface area contributed by atoms with Gasteiger partial charge < -0.3 is 20.1 Å². The zero-order valence-electron chi connectivity index (χ0n) is 14.2. The molecule has 2 rings (SSSR count). The molecular weight excluding hydrogens is 308 g/mol. The molecule has 1 heterocycles. The molecule has 3 N–H and O–H groups in total. The van der Waals surface area contributed by atoms with Crippen LogP contribution in [0.25, 0.3) is 10.9 Å². The number of nitrogens with one attached hydrogen (secondary N) is 3. The molecule has 0 aliphatic carbocycles. The van der Waals surface area contributed by atoms with Crippen molar-refractivity contribution < 1.29 is 4.90 Å². The summed E-state index contributed by atoms with van der Waals surface area (Å²) in [7, 11) is 6.02. The Morgan fingerprint density at radius 2 is 2.09 bits per heavy atom. The standard InChI is InChI=1S/C17H24N4OS/c1-12-5-6-13-10-14(16(22)19-15(13)9-12)11-21(17(23)18-2)8-7-20(3)4/h5-6,9-10H,7-8,11H2,1-4H3,(H,18,23)(H,19,22)/p+1. The van der Waals surface area contributed by atoms with Crippen LogP contribution in [-0.4, -0.2) is 49.2 Å². The zero-order valence-corrected chi connectivity index (χ0v) is 15.0. The minimum absolute atomic E-state index is 0.0517. The molecule has 1 aromatic carbocycles. The fraction of sp³-hybridized carbons (Fsp3) is 0.412. The lowest BCUT2D eigenvalue weighted by molar-refractivity contribution is -0.857. The molecule has 0 aliphatic heterocycles. The van der Waals surface area contributed by atoms with Gasteiger partial charge in [0.1, 0.15) is 0 Å². The minimum Gasteiger partial charge on any atom is -0.366 e. The first-order valence-corrected chi connectivity index (χ1v) is 8.20. The molecule has 0 amide bonds. The van der Waals surface area contributed by atoms with Crippen molar-refractivity contribution in [3.63, 3.8) is 0 Å². The first-order valence-electron chi connectivity index (χ1n) is 7.79. The van der Waals surface area contributed by atoms with Crippen LogP contribution in [0.1, 0.15) is 11.1 Å². The summed E-state index contributed by atoms with van der Waals surface area (Å²) >= 11 is 5.38. The predicted molar refractivity (Wildman–Crippen MR) is 99.1 cm³/mol. The molecule has 0 saturated heterocycles. The number of thiocarbonyl (C=S) groups is 1. The lowest BCUT2D eigenvalue weighted by Gasteiger charge is -2.25. The van der Waals surface area contributed by atoms with Crippen LogP contribution in [0.3, 0.4) is 0 Å². The molecule has 0 bridgehead atoms. The first-order chi connectivity index (χ1) is 10.9. The van der Waals surface area contributed by atoms with E-state index in [1.165, 1.54) is 4.90 Å². The van der Waals surface area contributed by atoms with Crippen molar-refractivity contribution in [2.45, 2.75) is 13.5 Å². The molecule has 0 unspecified atom stereocenters. The van der Waals surface area contributed by atoms with Crippen molar-refractivity contribution in [2.24, 2.45) is 0 Å². The second-order valence-electron chi connectivity index (χ2n) is 6.15.